The van der Waals surface area contributed by atoms with Gasteiger partial charge in [-0.3, -0.25) is 0 Å². The molecular weight excluding hydrogens is 190 g/mol. The van der Waals surface area contributed by atoms with E-state index in [1.807, 2.05) is 25.8 Å². The van der Waals surface area contributed by atoms with Crippen molar-refractivity contribution in [3.05, 3.63) is 29.8 Å². The third-order valence-electron chi connectivity index (χ3n) is 2.07. The van der Waals surface area contributed by atoms with E-state index in [-0.39, 0.29) is 0 Å². The summed E-state index contributed by atoms with van der Waals surface area (Å²) in [6.45, 7) is 7.33. The molecule has 0 aliphatic carbocycles. The van der Waals surface area contributed by atoms with Crippen molar-refractivity contribution in [3.8, 4) is 0 Å². The summed E-state index contributed by atoms with van der Waals surface area (Å²) in [5, 5.41) is 0. The second-order valence-corrected chi connectivity index (χ2v) is 4.23. The van der Waals surface area contributed by atoms with Gasteiger partial charge in [0.25, 0.3) is 0 Å². The minimum Gasteiger partial charge on any atom is -0.316 e. The molecule has 1 fully saturated rings. The molecular formula is C12H19NS. The second kappa shape index (κ2) is 5.97. The lowest BCUT2D eigenvalue weighted by molar-refractivity contribution is 0.989. The van der Waals surface area contributed by atoms with Crippen LogP contribution in [0.2, 0.25) is 0 Å². The molecule has 0 amide bonds. The van der Waals surface area contributed by atoms with Gasteiger partial charge in [-0.1, -0.05) is 31.5 Å². The predicted molar refractivity (Wildman–Crippen MR) is 66.9 cm³/mol. The molecule has 1 aliphatic rings. The molecule has 0 spiro atoms. The van der Waals surface area contributed by atoms with E-state index in [2.05, 4.69) is 35.5 Å². The summed E-state index contributed by atoms with van der Waals surface area (Å²) in [6, 6.07) is 8.75. The molecule has 0 bridgehead atoms. The van der Waals surface area contributed by atoms with Crippen molar-refractivity contribution in [2.45, 2.75) is 27.2 Å². The summed E-state index contributed by atoms with van der Waals surface area (Å²) in [5.74, 6) is 1.27. The van der Waals surface area contributed by atoms with Gasteiger partial charge in [0, 0.05) is 18.0 Å². The zero-order chi connectivity index (χ0) is 10.4. The van der Waals surface area contributed by atoms with Gasteiger partial charge in [-0.05, 0) is 37.4 Å². The fourth-order valence-electron chi connectivity index (χ4n) is 1.36. The van der Waals surface area contributed by atoms with Gasteiger partial charge < -0.3 is 4.31 Å². The molecule has 1 aromatic rings. The van der Waals surface area contributed by atoms with Crippen molar-refractivity contribution in [2.75, 3.05) is 16.6 Å². The Labute approximate surface area is 91.6 Å². The fourth-order valence-corrected chi connectivity index (χ4v) is 2.37. The van der Waals surface area contributed by atoms with Crippen LogP contribution in [0.3, 0.4) is 0 Å². The molecule has 1 aromatic carbocycles. The highest BCUT2D eigenvalue weighted by molar-refractivity contribution is 8.00. The molecule has 0 unspecified atom stereocenters. The third-order valence-corrected chi connectivity index (χ3v) is 3.25. The summed E-state index contributed by atoms with van der Waals surface area (Å²) in [6.07, 6.45) is 1.32. The first-order chi connectivity index (χ1) is 6.86. The van der Waals surface area contributed by atoms with Crippen LogP contribution >= 0.6 is 11.9 Å². The molecule has 1 saturated heterocycles. The van der Waals surface area contributed by atoms with E-state index in [9.17, 15) is 0 Å². The molecule has 2 rings (SSSR count). The number of aryl methyl sites for hydroxylation is 1. The molecule has 14 heavy (non-hydrogen) atoms. The van der Waals surface area contributed by atoms with Gasteiger partial charge in [0.15, 0.2) is 0 Å². The van der Waals surface area contributed by atoms with Crippen molar-refractivity contribution in [1.29, 1.82) is 0 Å². The average molecular weight is 209 g/mol. The summed E-state index contributed by atoms with van der Waals surface area (Å²) in [5.41, 5.74) is 2.69. The average Bonchev–Trinajstić information content (AvgIpc) is 2.75. The van der Waals surface area contributed by atoms with Crippen molar-refractivity contribution < 1.29 is 0 Å². The minimum atomic E-state index is 1.20. The van der Waals surface area contributed by atoms with Crippen LogP contribution in [0.25, 0.3) is 0 Å². The first-order valence-electron chi connectivity index (χ1n) is 5.33. The van der Waals surface area contributed by atoms with Crippen LogP contribution in [-0.2, 0) is 0 Å². The van der Waals surface area contributed by atoms with E-state index in [1.54, 1.807) is 0 Å². The largest absolute Gasteiger partial charge is 0.316 e. The Kier molecular flexibility index (Phi) is 4.88. The minimum absolute atomic E-state index is 1.20. The van der Waals surface area contributed by atoms with E-state index < -0.39 is 0 Å². The first kappa shape index (κ1) is 11.4. The molecule has 1 aliphatic heterocycles. The SMILES string of the molecule is CC.Cc1ccc(N2CCCS2)cc1. The molecule has 78 valence electrons. The van der Waals surface area contributed by atoms with Crippen LogP contribution in [0.4, 0.5) is 5.69 Å². The van der Waals surface area contributed by atoms with E-state index in [0.717, 1.165) is 0 Å². The topological polar surface area (TPSA) is 3.24 Å². The second-order valence-electron chi connectivity index (χ2n) is 3.12. The van der Waals surface area contributed by atoms with Gasteiger partial charge in [-0.2, -0.15) is 0 Å². The summed E-state index contributed by atoms with van der Waals surface area (Å²) >= 11 is 1.93. The number of hydrogen-bond donors (Lipinski definition) is 0. The zero-order valence-electron chi connectivity index (χ0n) is 9.29. The highest BCUT2D eigenvalue weighted by Gasteiger charge is 2.12. The molecule has 1 heterocycles. The Bertz CT molecular complexity index is 250. The predicted octanol–water partition coefficient (Wildman–Crippen LogP) is 3.88. The molecule has 0 N–H and O–H groups in total. The quantitative estimate of drug-likeness (QED) is 0.646. The van der Waals surface area contributed by atoms with Crippen LogP contribution in [0.15, 0.2) is 24.3 Å². The van der Waals surface area contributed by atoms with E-state index in [1.165, 1.54) is 30.0 Å². The smallest absolute Gasteiger partial charge is 0.0470 e. The zero-order valence-corrected chi connectivity index (χ0v) is 10.1. The van der Waals surface area contributed by atoms with Gasteiger partial charge in [0.05, 0.1) is 0 Å². The number of anilines is 1. The number of nitrogens with zero attached hydrogens (tertiary/aromatic N) is 1. The normalized spacial score (nSPS) is 14.9. The molecule has 1 nitrogen and oxygen atoms in total. The van der Waals surface area contributed by atoms with Crippen LogP contribution < -0.4 is 4.31 Å². The van der Waals surface area contributed by atoms with Crippen molar-refractivity contribution in [3.63, 3.8) is 0 Å². The lowest BCUT2D eigenvalue weighted by atomic mass is 10.2. The van der Waals surface area contributed by atoms with Crippen molar-refractivity contribution in [1.82, 2.24) is 0 Å². The third kappa shape index (κ3) is 2.95. The Morgan fingerprint density at radius 2 is 1.79 bits per heavy atom. The van der Waals surface area contributed by atoms with Gasteiger partial charge in [-0.15, -0.1) is 0 Å². The van der Waals surface area contributed by atoms with Crippen molar-refractivity contribution in [2.24, 2.45) is 0 Å². The maximum atomic E-state index is 2.37. The summed E-state index contributed by atoms with van der Waals surface area (Å²) in [7, 11) is 0. The van der Waals surface area contributed by atoms with Crippen LogP contribution in [-0.4, -0.2) is 12.3 Å². The van der Waals surface area contributed by atoms with Crippen LogP contribution in [0.5, 0.6) is 0 Å². The maximum Gasteiger partial charge on any atom is 0.0470 e. The van der Waals surface area contributed by atoms with E-state index >= 15 is 0 Å². The molecule has 0 atom stereocenters. The number of benzene rings is 1. The first-order valence-corrected chi connectivity index (χ1v) is 6.27. The van der Waals surface area contributed by atoms with Gasteiger partial charge >= 0.3 is 0 Å². The highest BCUT2D eigenvalue weighted by atomic mass is 32.2. The lowest BCUT2D eigenvalue weighted by Crippen LogP contribution is -2.08. The summed E-state index contributed by atoms with van der Waals surface area (Å²) < 4.78 is 2.37. The fraction of sp³-hybridized carbons (Fsp3) is 0.500. The maximum absolute atomic E-state index is 2.37. The number of rotatable bonds is 1. The molecule has 0 saturated carbocycles. The molecule has 0 radical (unpaired) electrons. The van der Waals surface area contributed by atoms with Crippen LogP contribution in [0.1, 0.15) is 25.8 Å². The Hall–Kier alpha value is -0.630. The standard InChI is InChI=1S/C10H13NS.C2H6/c1-9-3-5-10(6-4-9)11-7-2-8-12-11;1-2/h3-6H,2,7-8H2,1H3;1-2H3. The van der Waals surface area contributed by atoms with Crippen LogP contribution in [0, 0.1) is 6.92 Å². The van der Waals surface area contributed by atoms with Gasteiger partial charge in [0.1, 0.15) is 0 Å². The molecule has 0 aromatic heterocycles. The number of hydrogen-bond acceptors (Lipinski definition) is 2. The highest BCUT2D eigenvalue weighted by Crippen LogP contribution is 2.27. The van der Waals surface area contributed by atoms with Gasteiger partial charge in [0.2, 0.25) is 0 Å². The lowest BCUT2D eigenvalue weighted by Gasteiger charge is -2.15. The van der Waals surface area contributed by atoms with E-state index in [4.69, 9.17) is 0 Å². The Morgan fingerprint density at radius 3 is 2.29 bits per heavy atom. The van der Waals surface area contributed by atoms with E-state index in [0.29, 0.717) is 0 Å². The molecule has 2 heteroatoms. The monoisotopic (exact) mass is 209 g/mol. The van der Waals surface area contributed by atoms with Gasteiger partial charge in [-0.25, -0.2) is 0 Å². The Morgan fingerprint density at radius 1 is 1.14 bits per heavy atom. The summed E-state index contributed by atoms with van der Waals surface area (Å²) in [4.78, 5) is 0. The Balaban J connectivity index is 0.000000461. The van der Waals surface area contributed by atoms with Crippen molar-refractivity contribution >= 4 is 17.6 Å².